The van der Waals surface area contributed by atoms with E-state index in [0.717, 1.165) is 53.8 Å². The first-order chi connectivity index (χ1) is 14.9. The summed E-state index contributed by atoms with van der Waals surface area (Å²) in [6, 6.07) is 5.65. The molecule has 164 valence electrons. The van der Waals surface area contributed by atoms with Gasteiger partial charge < -0.3 is 5.32 Å². The second-order valence-electron chi connectivity index (χ2n) is 9.65. The van der Waals surface area contributed by atoms with Crippen molar-refractivity contribution in [2.45, 2.75) is 63.1 Å². The highest BCUT2D eigenvalue weighted by Crippen LogP contribution is 2.55. The molecule has 1 aromatic carbocycles. The topological polar surface area (TPSA) is 102 Å². The Morgan fingerprint density at radius 1 is 1.13 bits per heavy atom. The first-order valence-electron chi connectivity index (χ1n) is 11.0. The van der Waals surface area contributed by atoms with E-state index in [0.29, 0.717) is 5.16 Å². The molecule has 1 heterocycles. The quantitative estimate of drug-likeness (QED) is 0.693. The van der Waals surface area contributed by atoms with Gasteiger partial charge in [-0.25, -0.2) is 4.79 Å². The number of hydrogen-bond acceptors (Lipinski definition) is 6. The average molecular weight is 441 g/mol. The zero-order chi connectivity index (χ0) is 21.6. The maximum atomic E-state index is 12.6. The SMILES string of the molecule is Cc1ccc(-n2nnnc2SCC(=O)NC(=O)NC23CC4CC(CC(C4)C2)C3)c(C)c1. The van der Waals surface area contributed by atoms with Gasteiger partial charge >= 0.3 is 6.03 Å². The minimum Gasteiger partial charge on any atom is -0.332 e. The number of aromatic nitrogens is 4. The Hall–Kier alpha value is -2.42. The van der Waals surface area contributed by atoms with Gasteiger partial charge in [0.15, 0.2) is 0 Å². The van der Waals surface area contributed by atoms with Crippen molar-refractivity contribution in [1.82, 2.24) is 30.8 Å². The molecule has 4 aliphatic rings. The van der Waals surface area contributed by atoms with E-state index in [9.17, 15) is 9.59 Å². The summed E-state index contributed by atoms with van der Waals surface area (Å²) in [5, 5.41) is 18.1. The molecule has 0 spiro atoms. The fourth-order valence-corrected chi connectivity index (χ4v) is 6.98. The van der Waals surface area contributed by atoms with Crippen LogP contribution in [0, 0.1) is 31.6 Å². The van der Waals surface area contributed by atoms with Crippen molar-refractivity contribution >= 4 is 23.7 Å². The Bertz CT molecular complexity index is 984. The van der Waals surface area contributed by atoms with Gasteiger partial charge in [-0.2, -0.15) is 4.68 Å². The molecule has 2 N–H and O–H groups in total. The summed E-state index contributed by atoms with van der Waals surface area (Å²) in [6.45, 7) is 4.03. The highest BCUT2D eigenvalue weighted by atomic mass is 32.2. The second kappa shape index (κ2) is 7.93. The van der Waals surface area contributed by atoms with E-state index in [-0.39, 0.29) is 23.2 Å². The standard InChI is InChI=1S/C22H28N6O2S/c1-13-3-4-18(14(2)5-13)28-21(25-26-27-28)31-12-19(29)23-20(30)24-22-9-15-6-16(10-22)8-17(7-15)11-22/h3-5,15-17H,6-12H2,1-2H3,(H2,23,24,29,30). The molecule has 4 saturated carbocycles. The van der Waals surface area contributed by atoms with Crippen LogP contribution in [0.3, 0.4) is 0 Å². The van der Waals surface area contributed by atoms with Gasteiger partial charge in [0, 0.05) is 5.54 Å². The molecule has 9 heteroatoms. The van der Waals surface area contributed by atoms with E-state index in [2.05, 4.69) is 32.2 Å². The molecule has 1 aromatic heterocycles. The number of tetrazole rings is 1. The maximum absolute atomic E-state index is 12.6. The molecule has 0 aliphatic heterocycles. The third-order valence-electron chi connectivity index (χ3n) is 7.02. The number of nitrogens with zero attached hydrogens (tertiary/aromatic N) is 4. The number of urea groups is 1. The maximum Gasteiger partial charge on any atom is 0.321 e. The van der Waals surface area contributed by atoms with E-state index >= 15 is 0 Å². The molecule has 0 atom stereocenters. The summed E-state index contributed by atoms with van der Waals surface area (Å²) in [6.07, 6.45) is 7.11. The van der Waals surface area contributed by atoms with E-state index in [1.54, 1.807) is 4.68 Å². The van der Waals surface area contributed by atoms with Crippen LogP contribution in [0.4, 0.5) is 4.79 Å². The summed E-state index contributed by atoms with van der Waals surface area (Å²) in [5.41, 5.74) is 2.97. The zero-order valence-electron chi connectivity index (χ0n) is 17.9. The van der Waals surface area contributed by atoms with Crippen molar-refractivity contribution in [2.24, 2.45) is 17.8 Å². The molecular weight excluding hydrogens is 412 g/mol. The molecule has 4 aliphatic carbocycles. The lowest BCUT2D eigenvalue weighted by molar-refractivity contribution is -0.117. The summed E-state index contributed by atoms with van der Waals surface area (Å²) in [4.78, 5) is 25.0. The largest absolute Gasteiger partial charge is 0.332 e. The third-order valence-corrected chi connectivity index (χ3v) is 7.94. The molecule has 4 bridgehead atoms. The first-order valence-corrected chi connectivity index (χ1v) is 12.0. The Morgan fingerprint density at radius 3 is 2.45 bits per heavy atom. The van der Waals surface area contributed by atoms with Crippen LogP contribution in [0.2, 0.25) is 0 Å². The van der Waals surface area contributed by atoms with Gasteiger partial charge in [-0.3, -0.25) is 10.1 Å². The normalized spacial score (nSPS) is 28.5. The highest BCUT2D eigenvalue weighted by molar-refractivity contribution is 7.99. The van der Waals surface area contributed by atoms with Crippen LogP contribution >= 0.6 is 11.8 Å². The van der Waals surface area contributed by atoms with Gasteiger partial charge in [-0.05, 0) is 92.2 Å². The van der Waals surface area contributed by atoms with Crippen LogP contribution in [0.15, 0.2) is 23.4 Å². The lowest BCUT2D eigenvalue weighted by Crippen LogP contribution is -2.61. The van der Waals surface area contributed by atoms with Crippen molar-refractivity contribution in [3.05, 3.63) is 29.3 Å². The summed E-state index contributed by atoms with van der Waals surface area (Å²) >= 11 is 1.22. The monoisotopic (exact) mass is 440 g/mol. The molecular formula is C22H28N6O2S. The summed E-state index contributed by atoms with van der Waals surface area (Å²) in [5.74, 6) is 1.94. The zero-order valence-corrected chi connectivity index (χ0v) is 18.7. The molecule has 4 fully saturated rings. The number of benzene rings is 1. The molecule has 0 radical (unpaired) electrons. The van der Waals surface area contributed by atoms with E-state index in [1.807, 2.05) is 26.0 Å². The predicted octanol–water partition coefficient (Wildman–Crippen LogP) is 3.17. The van der Waals surface area contributed by atoms with Crippen LogP contribution in [0.5, 0.6) is 0 Å². The molecule has 2 aromatic rings. The lowest BCUT2D eigenvalue weighted by Gasteiger charge is -2.56. The predicted molar refractivity (Wildman–Crippen MR) is 117 cm³/mol. The van der Waals surface area contributed by atoms with Gasteiger partial charge in [-0.1, -0.05) is 29.5 Å². The average Bonchev–Trinajstić information content (AvgIpc) is 3.13. The van der Waals surface area contributed by atoms with Gasteiger partial charge in [0.05, 0.1) is 11.4 Å². The Kier molecular flexibility index (Phi) is 5.24. The minimum atomic E-state index is -0.374. The molecule has 0 unspecified atom stereocenters. The number of imide groups is 1. The molecule has 8 nitrogen and oxygen atoms in total. The number of hydrogen-bond donors (Lipinski definition) is 2. The van der Waals surface area contributed by atoms with Crippen molar-refractivity contribution in [3.8, 4) is 5.69 Å². The number of carbonyl (C=O) groups excluding carboxylic acids is 2. The lowest BCUT2D eigenvalue weighted by atomic mass is 9.53. The first kappa shape index (κ1) is 20.5. The Labute approximate surface area is 185 Å². The number of carbonyl (C=O) groups is 2. The van der Waals surface area contributed by atoms with Crippen molar-refractivity contribution < 1.29 is 9.59 Å². The van der Waals surface area contributed by atoms with Gasteiger partial charge in [-0.15, -0.1) is 5.10 Å². The van der Waals surface area contributed by atoms with Gasteiger partial charge in [0.25, 0.3) is 0 Å². The minimum absolute atomic E-state index is 0.0690. The van der Waals surface area contributed by atoms with E-state index in [1.165, 1.54) is 31.0 Å². The summed E-state index contributed by atoms with van der Waals surface area (Å²) < 4.78 is 1.63. The van der Waals surface area contributed by atoms with Crippen molar-refractivity contribution in [3.63, 3.8) is 0 Å². The third kappa shape index (κ3) is 4.20. The molecule has 31 heavy (non-hydrogen) atoms. The highest BCUT2D eigenvalue weighted by Gasteiger charge is 2.51. The molecule has 6 rings (SSSR count). The van der Waals surface area contributed by atoms with Crippen LogP contribution in [-0.4, -0.2) is 43.4 Å². The van der Waals surface area contributed by atoms with Gasteiger partial charge in [0.1, 0.15) is 0 Å². The number of nitrogens with one attached hydrogen (secondary N) is 2. The van der Waals surface area contributed by atoms with Crippen LogP contribution in [0.25, 0.3) is 5.69 Å². The fourth-order valence-electron chi connectivity index (χ4n) is 6.29. The van der Waals surface area contributed by atoms with Crippen molar-refractivity contribution in [2.75, 3.05) is 5.75 Å². The van der Waals surface area contributed by atoms with Crippen LogP contribution in [-0.2, 0) is 4.79 Å². The van der Waals surface area contributed by atoms with E-state index in [4.69, 9.17) is 0 Å². The number of amides is 3. The molecule has 3 amide bonds. The fraction of sp³-hybridized carbons (Fsp3) is 0.591. The van der Waals surface area contributed by atoms with Crippen LogP contribution in [0.1, 0.15) is 49.7 Å². The van der Waals surface area contributed by atoms with Crippen LogP contribution < -0.4 is 10.6 Å². The number of thioether (sulfide) groups is 1. The smallest absolute Gasteiger partial charge is 0.321 e. The Balaban J connectivity index is 1.17. The second-order valence-corrected chi connectivity index (χ2v) is 10.6. The van der Waals surface area contributed by atoms with E-state index < -0.39 is 0 Å². The number of aryl methyl sites for hydroxylation is 2. The molecule has 0 saturated heterocycles. The van der Waals surface area contributed by atoms with Gasteiger partial charge in [0.2, 0.25) is 11.1 Å². The summed E-state index contributed by atoms with van der Waals surface area (Å²) in [7, 11) is 0. The van der Waals surface area contributed by atoms with Crippen molar-refractivity contribution in [1.29, 1.82) is 0 Å². The number of rotatable bonds is 5. The Morgan fingerprint density at radius 2 is 1.81 bits per heavy atom.